The molecule has 0 spiro atoms. The standard InChI is InChI=1S/C21H29N5O4/c1-21(2,3)30-19(27)24-8-9-25-17(14-24)13-23-18(25)22-12-15-4-6-16(7-5-15)26-10-11-29-20(26)28/h4-7,17H,8-14H2,1-3H3,(H,22,23). The van der Waals surface area contributed by atoms with Crippen molar-refractivity contribution in [2.24, 2.45) is 4.99 Å². The number of carbonyl (C=O) groups excluding carboxylic acids is 2. The number of nitrogens with one attached hydrogen (secondary N) is 1. The first kappa shape index (κ1) is 20.3. The Balaban J connectivity index is 1.28. The summed E-state index contributed by atoms with van der Waals surface area (Å²) >= 11 is 0. The van der Waals surface area contributed by atoms with Crippen LogP contribution in [0.3, 0.4) is 0 Å². The van der Waals surface area contributed by atoms with Crippen molar-refractivity contribution in [2.75, 3.05) is 44.2 Å². The van der Waals surface area contributed by atoms with E-state index in [1.165, 1.54) is 0 Å². The van der Waals surface area contributed by atoms with E-state index in [1.54, 1.807) is 9.80 Å². The summed E-state index contributed by atoms with van der Waals surface area (Å²) < 4.78 is 10.5. The monoisotopic (exact) mass is 415 g/mol. The molecule has 2 fully saturated rings. The maximum atomic E-state index is 12.3. The lowest BCUT2D eigenvalue weighted by molar-refractivity contribution is 0.0137. The van der Waals surface area contributed by atoms with Gasteiger partial charge < -0.3 is 24.6 Å². The molecule has 9 nitrogen and oxygen atoms in total. The fourth-order valence-electron chi connectivity index (χ4n) is 3.83. The van der Waals surface area contributed by atoms with E-state index in [0.29, 0.717) is 39.3 Å². The average molecular weight is 415 g/mol. The molecular formula is C21H29N5O4. The maximum Gasteiger partial charge on any atom is 0.414 e. The van der Waals surface area contributed by atoms with Crippen molar-refractivity contribution in [3.8, 4) is 0 Å². The van der Waals surface area contributed by atoms with E-state index in [0.717, 1.165) is 23.8 Å². The van der Waals surface area contributed by atoms with Crippen molar-refractivity contribution in [2.45, 2.75) is 39.0 Å². The van der Waals surface area contributed by atoms with Crippen LogP contribution < -0.4 is 10.2 Å². The summed E-state index contributed by atoms with van der Waals surface area (Å²) in [6, 6.07) is 8.05. The Hall–Kier alpha value is -2.97. The number of benzene rings is 1. The fourth-order valence-corrected chi connectivity index (χ4v) is 3.83. The van der Waals surface area contributed by atoms with Crippen molar-refractivity contribution >= 4 is 23.8 Å². The molecule has 1 N–H and O–H groups in total. The van der Waals surface area contributed by atoms with Crippen LogP contribution in [0.15, 0.2) is 29.3 Å². The number of aliphatic imine (C=N–C) groups is 1. The van der Waals surface area contributed by atoms with E-state index < -0.39 is 5.60 Å². The van der Waals surface area contributed by atoms with Crippen LogP contribution in [0.5, 0.6) is 0 Å². The molecule has 1 unspecified atom stereocenters. The van der Waals surface area contributed by atoms with Crippen molar-refractivity contribution in [1.82, 2.24) is 15.1 Å². The summed E-state index contributed by atoms with van der Waals surface area (Å²) in [5.41, 5.74) is 1.46. The Morgan fingerprint density at radius 1 is 1.23 bits per heavy atom. The number of carbonyl (C=O) groups is 2. The van der Waals surface area contributed by atoms with Gasteiger partial charge in [0.2, 0.25) is 0 Å². The zero-order valence-electron chi connectivity index (χ0n) is 17.8. The molecule has 0 aromatic heterocycles. The highest BCUT2D eigenvalue weighted by atomic mass is 16.6. The molecule has 3 heterocycles. The lowest BCUT2D eigenvalue weighted by Crippen LogP contribution is -2.57. The number of guanidine groups is 1. The van der Waals surface area contributed by atoms with Crippen molar-refractivity contribution in [3.63, 3.8) is 0 Å². The number of rotatable bonds is 3. The first-order valence-electron chi connectivity index (χ1n) is 10.4. The third-order valence-corrected chi connectivity index (χ3v) is 5.32. The van der Waals surface area contributed by atoms with Gasteiger partial charge in [0.25, 0.3) is 0 Å². The number of piperazine rings is 1. The van der Waals surface area contributed by atoms with Gasteiger partial charge in [-0.3, -0.25) is 9.89 Å². The van der Waals surface area contributed by atoms with Gasteiger partial charge in [-0.15, -0.1) is 0 Å². The number of amides is 2. The van der Waals surface area contributed by atoms with Crippen LogP contribution in [0.1, 0.15) is 26.3 Å². The van der Waals surface area contributed by atoms with E-state index in [2.05, 4.69) is 15.2 Å². The van der Waals surface area contributed by atoms with Gasteiger partial charge in [0, 0.05) is 31.9 Å². The molecule has 4 rings (SSSR count). The molecule has 3 aliphatic heterocycles. The molecule has 2 saturated heterocycles. The van der Waals surface area contributed by atoms with Gasteiger partial charge in [0.05, 0.1) is 19.1 Å². The van der Waals surface area contributed by atoms with Crippen LogP contribution in [-0.2, 0) is 16.0 Å². The van der Waals surface area contributed by atoms with Crippen LogP contribution in [0.2, 0.25) is 0 Å². The molecule has 3 aliphatic rings. The summed E-state index contributed by atoms with van der Waals surface area (Å²) in [7, 11) is 0. The second-order valence-corrected chi connectivity index (χ2v) is 8.72. The summed E-state index contributed by atoms with van der Waals surface area (Å²) in [6.07, 6.45) is -0.553. The highest BCUT2D eigenvalue weighted by molar-refractivity contribution is 5.89. The maximum absolute atomic E-state index is 12.3. The molecule has 1 aromatic rings. The molecule has 0 aliphatic carbocycles. The van der Waals surface area contributed by atoms with Gasteiger partial charge in [0.1, 0.15) is 12.2 Å². The Labute approximate surface area is 176 Å². The van der Waals surface area contributed by atoms with Crippen molar-refractivity contribution in [1.29, 1.82) is 0 Å². The van der Waals surface area contributed by atoms with Gasteiger partial charge in [-0.25, -0.2) is 9.59 Å². The fraction of sp³-hybridized carbons (Fsp3) is 0.571. The minimum absolute atomic E-state index is 0.178. The number of hydrogen-bond acceptors (Lipinski definition) is 7. The first-order valence-corrected chi connectivity index (χ1v) is 10.4. The zero-order chi connectivity index (χ0) is 21.3. The third-order valence-electron chi connectivity index (χ3n) is 5.32. The molecule has 30 heavy (non-hydrogen) atoms. The van der Waals surface area contributed by atoms with Crippen LogP contribution in [-0.4, -0.2) is 78.9 Å². The number of nitrogens with zero attached hydrogens (tertiary/aromatic N) is 4. The minimum Gasteiger partial charge on any atom is -0.447 e. The number of hydrogen-bond donors (Lipinski definition) is 1. The van der Waals surface area contributed by atoms with E-state index in [9.17, 15) is 9.59 Å². The number of anilines is 1. The SMILES string of the molecule is CC(C)(C)OC(=O)N1CCN2C(NCc3ccc(N4CCOC4=O)cc3)=NCC2C1. The Morgan fingerprint density at radius 3 is 2.67 bits per heavy atom. The van der Waals surface area contributed by atoms with E-state index in [1.807, 2.05) is 45.0 Å². The van der Waals surface area contributed by atoms with Gasteiger partial charge in [-0.1, -0.05) is 12.1 Å². The Morgan fingerprint density at radius 2 is 2.00 bits per heavy atom. The van der Waals surface area contributed by atoms with E-state index >= 15 is 0 Å². The predicted octanol–water partition coefficient (Wildman–Crippen LogP) is 2.02. The van der Waals surface area contributed by atoms with Gasteiger partial charge in [0.15, 0.2) is 5.96 Å². The summed E-state index contributed by atoms with van der Waals surface area (Å²) in [5.74, 6) is 0.871. The lowest BCUT2D eigenvalue weighted by atomic mass is 10.2. The molecular weight excluding hydrogens is 386 g/mol. The highest BCUT2D eigenvalue weighted by Crippen LogP contribution is 2.21. The predicted molar refractivity (Wildman–Crippen MR) is 113 cm³/mol. The summed E-state index contributed by atoms with van der Waals surface area (Å²) in [5, 5.41) is 3.41. The zero-order valence-corrected chi connectivity index (χ0v) is 17.8. The van der Waals surface area contributed by atoms with Crippen LogP contribution in [0, 0.1) is 0 Å². The van der Waals surface area contributed by atoms with E-state index in [4.69, 9.17) is 9.47 Å². The van der Waals surface area contributed by atoms with Crippen LogP contribution in [0.25, 0.3) is 0 Å². The second kappa shape index (κ2) is 8.04. The van der Waals surface area contributed by atoms with Gasteiger partial charge >= 0.3 is 12.2 Å². The molecule has 0 bridgehead atoms. The van der Waals surface area contributed by atoms with Gasteiger partial charge in [-0.05, 0) is 38.5 Å². The number of ether oxygens (including phenoxy) is 2. The Bertz CT molecular complexity index is 833. The smallest absolute Gasteiger partial charge is 0.414 e. The third kappa shape index (κ3) is 4.44. The molecule has 9 heteroatoms. The number of cyclic esters (lactones) is 1. The average Bonchev–Trinajstić information content (AvgIpc) is 3.31. The van der Waals surface area contributed by atoms with Crippen LogP contribution in [0.4, 0.5) is 15.3 Å². The summed E-state index contributed by atoms with van der Waals surface area (Å²) in [4.78, 5) is 34.3. The summed E-state index contributed by atoms with van der Waals surface area (Å²) in [6.45, 7) is 9.93. The second-order valence-electron chi connectivity index (χ2n) is 8.72. The largest absolute Gasteiger partial charge is 0.447 e. The highest BCUT2D eigenvalue weighted by Gasteiger charge is 2.36. The molecule has 1 atom stereocenters. The normalized spacial score (nSPS) is 21.3. The molecule has 0 saturated carbocycles. The molecule has 162 valence electrons. The topological polar surface area (TPSA) is 86.7 Å². The molecule has 1 aromatic carbocycles. The number of fused-ring (bicyclic) bond motifs is 1. The molecule has 2 amide bonds. The Kier molecular flexibility index (Phi) is 5.44. The van der Waals surface area contributed by atoms with E-state index in [-0.39, 0.29) is 18.2 Å². The lowest BCUT2D eigenvalue weighted by Gasteiger charge is -2.39. The van der Waals surface area contributed by atoms with Crippen molar-refractivity contribution < 1.29 is 19.1 Å². The van der Waals surface area contributed by atoms with Gasteiger partial charge in [-0.2, -0.15) is 0 Å². The quantitative estimate of drug-likeness (QED) is 0.813. The van der Waals surface area contributed by atoms with Crippen LogP contribution >= 0.6 is 0 Å². The van der Waals surface area contributed by atoms with Crippen molar-refractivity contribution in [3.05, 3.63) is 29.8 Å². The molecule has 0 radical (unpaired) electrons. The minimum atomic E-state index is -0.488. The first-order chi connectivity index (χ1) is 14.3.